The normalized spacial score (nSPS) is 10.3. The first-order chi connectivity index (χ1) is 7.18. The Labute approximate surface area is 85.7 Å². The summed E-state index contributed by atoms with van der Waals surface area (Å²) >= 11 is 0. The predicted molar refractivity (Wildman–Crippen MR) is 53.3 cm³/mol. The lowest BCUT2D eigenvalue weighted by atomic mass is 9.80. The largest absolute Gasteiger partial charge is 0.488 e. The molecule has 2 rings (SSSR count). The fourth-order valence-electron chi connectivity index (χ4n) is 1.28. The molecule has 0 bridgehead atoms. The van der Waals surface area contributed by atoms with E-state index >= 15 is 0 Å². The first kappa shape index (κ1) is 9.88. The Morgan fingerprint density at radius 1 is 1.33 bits per heavy atom. The van der Waals surface area contributed by atoms with Crippen LogP contribution in [-0.4, -0.2) is 26.9 Å². The molecule has 0 saturated carbocycles. The van der Waals surface area contributed by atoms with Gasteiger partial charge in [-0.1, -0.05) is 6.07 Å². The quantitative estimate of drug-likeness (QED) is 0.662. The maximum absolute atomic E-state index is 13.5. The van der Waals surface area contributed by atoms with Gasteiger partial charge in [0.05, 0.1) is 0 Å². The number of aromatic nitrogens is 2. The van der Waals surface area contributed by atoms with Crippen molar-refractivity contribution >= 4 is 12.6 Å². The Bertz CT molecular complexity index is 459. The van der Waals surface area contributed by atoms with E-state index in [4.69, 9.17) is 10.0 Å². The highest BCUT2D eigenvalue weighted by Gasteiger charge is 2.14. The third-order valence-corrected chi connectivity index (χ3v) is 2.02. The van der Waals surface area contributed by atoms with E-state index in [2.05, 4.69) is 5.10 Å². The summed E-state index contributed by atoms with van der Waals surface area (Å²) in [5.41, 5.74) is 0.382. The Morgan fingerprint density at radius 3 is 2.67 bits per heavy atom. The number of hydrogen-bond donors (Lipinski definition) is 2. The molecule has 0 atom stereocenters. The fourth-order valence-corrected chi connectivity index (χ4v) is 1.28. The van der Waals surface area contributed by atoms with Crippen LogP contribution in [0.5, 0.6) is 0 Å². The van der Waals surface area contributed by atoms with Gasteiger partial charge >= 0.3 is 7.12 Å². The molecule has 0 unspecified atom stereocenters. The summed E-state index contributed by atoms with van der Waals surface area (Å²) in [7, 11) is -1.66. The molecule has 0 aliphatic heterocycles. The highest BCUT2D eigenvalue weighted by molar-refractivity contribution is 6.58. The molecule has 0 radical (unpaired) electrons. The van der Waals surface area contributed by atoms with Crippen molar-refractivity contribution in [2.75, 3.05) is 0 Å². The minimum Gasteiger partial charge on any atom is -0.423 e. The van der Waals surface area contributed by atoms with Crippen molar-refractivity contribution in [3.63, 3.8) is 0 Å². The molecular formula is C9H8BFN2O2. The predicted octanol–water partition coefficient (Wildman–Crippen LogP) is -0.309. The second-order valence-corrected chi connectivity index (χ2v) is 3.04. The van der Waals surface area contributed by atoms with Gasteiger partial charge in [0.1, 0.15) is 11.5 Å². The van der Waals surface area contributed by atoms with Gasteiger partial charge in [-0.2, -0.15) is 5.10 Å². The molecular weight excluding hydrogens is 198 g/mol. The van der Waals surface area contributed by atoms with Crippen molar-refractivity contribution in [1.82, 2.24) is 9.78 Å². The monoisotopic (exact) mass is 206 g/mol. The van der Waals surface area contributed by atoms with Gasteiger partial charge in [-0.15, -0.1) is 0 Å². The number of nitrogens with zero attached hydrogens (tertiary/aromatic N) is 2. The average molecular weight is 206 g/mol. The summed E-state index contributed by atoms with van der Waals surface area (Å²) in [6, 6.07) is 5.62. The van der Waals surface area contributed by atoms with Crippen LogP contribution in [0.1, 0.15) is 0 Å². The number of benzene rings is 1. The summed E-state index contributed by atoms with van der Waals surface area (Å²) in [6.07, 6.45) is 3.14. The molecule has 1 aromatic heterocycles. The first-order valence-corrected chi connectivity index (χ1v) is 4.34. The maximum Gasteiger partial charge on any atom is 0.488 e. The lowest BCUT2D eigenvalue weighted by Gasteiger charge is -2.05. The van der Waals surface area contributed by atoms with Crippen molar-refractivity contribution in [3.05, 3.63) is 42.5 Å². The second-order valence-electron chi connectivity index (χ2n) is 3.04. The zero-order chi connectivity index (χ0) is 10.8. The van der Waals surface area contributed by atoms with Gasteiger partial charge in [-0.25, -0.2) is 9.07 Å². The van der Waals surface area contributed by atoms with E-state index in [9.17, 15) is 4.39 Å². The SMILES string of the molecule is OB(O)c1ccc(-n2cccn2)c(F)c1. The van der Waals surface area contributed by atoms with E-state index in [0.29, 0.717) is 0 Å². The molecule has 2 aromatic rings. The van der Waals surface area contributed by atoms with E-state index < -0.39 is 12.9 Å². The summed E-state index contributed by atoms with van der Waals surface area (Å²) in [6.45, 7) is 0. The molecule has 0 aliphatic carbocycles. The van der Waals surface area contributed by atoms with Gasteiger partial charge in [0.2, 0.25) is 0 Å². The van der Waals surface area contributed by atoms with Crippen molar-refractivity contribution in [3.8, 4) is 5.69 Å². The Balaban J connectivity index is 2.44. The highest BCUT2D eigenvalue weighted by atomic mass is 19.1. The van der Waals surface area contributed by atoms with Crippen LogP contribution >= 0.6 is 0 Å². The first-order valence-electron chi connectivity index (χ1n) is 4.34. The lowest BCUT2D eigenvalue weighted by Crippen LogP contribution is -2.30. The van der Waals surface area contributed by atoms with E-state index in [1.165, 1.54) is 23.0 Å². The van der Waals surface area contributed by atoms with Gasteiger partial charge in [0.15, 0.2) is 0 Å². The van der Waals surface area contributed by atoms with Gasteiger partial charge in [-0.05, 0) is 23.7 Å². The van der Waals surface area contributed by atoms with Gasteiger partial charge in [0.25, 0.3) is 0 Å². The van der Waals surface area contributed by atoms with Crippen molar-refractivity contribution < 1.29 is 14.4 Å². The standard InChI is InChI=1S/C9H8BFN2O2/c11-8-6-7(10(14)15)2-3-9(8)13-5-1-4-12-13/h1-6,14-15H. The minimum absolute atomic E-state index is 0.114. The molecule has 2 N–H and O–H groups in total. The molecule has 1 aromatic carbocycles. The number of halogens is 1. The molecule has 4 nitrogen and oxygen atoms in total. The molecule has 0 saturated heterocycles. The number of rotatable bonds is 2. The zero-order valence-corrected chi connectivity index (χ0v) is 7.71. The second kappa shape index (κ2) is 3.84. The van der Waals surface area contributed by atoms with E-state index in [1.807, 2.05) is 0 Å². The molecule has 1 heterocycles. The molecule has 6 heteroatoms. The topological polar surface area (TPSA) is 58.3 Å². The third kappa shape index (κ3) is 1.90. The highest BCUT2D eigenvalue weighted by Crippen LogP contribution is 2.09. The molecule has 76 valence electrons. The molecule has 0 fully saturated rings. The minimum atomic E-state index is -1.66. The molecule has 15 heavy (non-hydrogen) atoms. The van der Waals surface area contributed by atoms with Crippen LogP contribution in [0.3, 0.4) is 0 Å². The summed E-state index contributed by atoms with van der Waals surface area (Å²) in [5.74, 6) is -0.552. The van der Waals surface area contributed by atoms with Crippen LogP contribution in [0.15, 0.2) is 36.7 Å². The van der Waals surface area contributed by atoms with E-state index in [0.717, 1.165) is 6.07 Å². The smallest absolute Gasteiger partial charge is 0.423 e. The van der Waals surface area contributed by atoms with Crippen molar-refractivity contribution in [2.45, 2.75) is 0 Å². The average Bonchev–Trinajstić information content (AvgIpc) is 2.70. The summed E-state index contributed by atoms with van der Waals surface area (Å²) < 4.78 is 14.9. The fraction of sp³-hybridized carbons (Fsp3) is 0. The molecule has 0 spiro atoms. The molecule has 0 aliphatic rings. The molecule has 0 amide bonds. The van der Waals surface area contributed by atoms with Gasteiger partial charge < -0.3 is 10.0 Å². The lowest BCUT2D eigenvalue weighted by molar-refractivity contribution is 0.425. The van der Waals surface area contributed by atoms with Crippen molar-refractivity contribution in [1.29, 1.82) is 0 Å². The summed E-state index contributed by atoms with van der Waals surface area (Å²) in [4.78, 5) is 0. The van der Waals surface area contributed by atoms with Crippen LogP contribution in [0, 0.1) is 5.82 Å². The zero-order valence-electron chi connectivity index (χ0n) is 7.71. The maximum atomic E-state index is 13.5. The van der Waals surface area contributed by atoms with Crippen LogP contribution in [0.2, 0.25) is 0 Å². The Hall–Kier alpha value is -1.66. The van der Waals surface area contributed by atoms with Crippen molar-refractivity contribution in [2.24, 2.45) is 0 Å². The summed E-state index contributed by atoms with van der Waals surface area (Å²) in [5, 5.41) is 21.5. The van der Waals surface area contributed by atoms with Crippen LogP contribution in [0.4, 0.5) is 4.39 Å². The Morgan fingerprint density at radius 2 is 2.13 bits per heavy atom. The Kier molecular flexibility index (Phi) is 2.53. The number of hydrogen-bond acceptors (Lipinski definition) is 3. The van der Waals surface area contributed by atoms with E-state index in [1.54, 1.807) is 12.3 Å². The van der Waals surface area contributed by atoms with Gasteiger partial charge in [-0.3, -0.25) is 0 Å². The van der Waals surface area contributed by atoms with Crippen LogP contribution < -0.4 is 5.46 Å². The van der Waals surface area contributed by atoms with Gasteiger partial charge in [0, 0.05) is 12.4 Å². The van der Waals surface area contributed by atoms with Crippen LogP contribution in [-0.2, 0) is 0 Å². The van der Waals surface area contributed by atoms with Crippen LogP contribution in [0.25, 0.3) is 5.69 Å². The third-order valence-electron chi connectivity index (χ3n) is 2.02. The van der Waals surface area contributed by atoms with E-state index in [-0.39, 0.29) is 11.2 Å².